The summed E-state index contributed by atoms with van der Waals surface area (Å²) < 4.78 is 0. The Morgan fingerprint density at radius 1 is 1.33 bits per heavy atom. The van der Waals surface area contributed by atoms with Gasteiger partial charge in [-0.3, -0.25) is 0 Å². The summed E-state index contributed by atoms with van der Waals surface area (Å²) in [5.41, 5.74) is 7.50. The summed E-state index contributed by atoms with van der Waals surface area (Å²) in [6.07, 6.45) is 0.856. The predicted octanol–water partition coefficient (Wildman–Crippen LogP) is 3.69. The number of halogens is 2. The second-order valence-electron chi connectivity index (χ2n) is 3.32. The van der Waals surface area contributed by atoms with Crippen molar-refractivity contribution in [3.05, 3.63) is 33.8 Å². The zero-order valence-electron chi connectivity index (χ0n) is 8.22. The third-order valence-corrected chi connectivity index (χ3v) is 3.17. The van der Waals surface area contributed by atoms with E-state index in [9.17, 15) is 0 Å². The third-order valence-electron chi connectivity index (χ3n) is 2.37. The van der Waals surface area contributed by atoms with E-state index in [0.717, 1.165) is 17.4 Å². The average Bonchev–Trinajstić information content (AvgIpc) is 2.24. The lowest BCUT2D eigenvalue weighted by atomic mass is 10.1. The molecule has 0 fully saturated rings. The van der Waals surface area contributed by atoms with E-state index in [1.54, 1.807) is 6.07 Å². The van der Waals surface area contributed by atoms with Crippen LogP contribution in [0.5, 0.6) is 0 Å². The first-order chi connectivity index (χ1) is 7.13. The maximum atomic E-state index is 6.04. The van der Waals surface area contributed by atoms with E-state index in [1.807, 2.05) is 19.1 Å². The fourth-order valence-corrected chi connectivity index (χ4v) is 1.89. The monoisotopic (exact) mass is 240 g/mol. The molecule has 2 N–H and O–H groups in total. The van der Waals surface area contributed by atoms with E-state index in [4.69, 9.17) is 28.9 Å². The maximum absolute atomic E-state index is 6.04. The van der Waals surface area contributed by atoms with Crippen molar-refractivity contribution in [2.24, 2.45) is 0 Å². The Bertz CT molecular complexity index is 523. The number of fused-ring (bicyclic) bond motifs is 1. The first-order valence-electron chi connectivity index (χ1n) is 4.66. The second-order valence-corrected chi connectivity index (χ2v) is 4.10. The molecule has 1 heterocycles. The lowest BCUT2D eigenvalue weighted by Gasteiger charge is -2.06. The third kappa shape index (κ3) is 1.75. The molecular formula is C11H10Cl2N2. The van der Waals surface area contributed by atoms with Crippen LogP contribution in [-0.2, 0) is 6.42 Å². The molecule has 0 aliphatic carbocycles. The number of nitrogen functional groups attached to an aromatic ring is 1. The summed E-state index contributed by atoms with van der Waals surface area (Å²) in [6, 6.07) is 5.67. The Morgan fingerprint density at radius 2 is 2.07 bits per heavy atom. The number of pyridine rings is 1. The molecule has 0 aliphatic rings. The molecular weight excluding hydrogens is 231 g/mol. The van der Waals surface area contributed by atoms with Gasteiger partial charge in [-0.25, -0.2) is 4.98 Å². The highest BCUT2D eigenvalue weighted by Crippen LogP contribution is 2.31. The molecule has 2 aromatic rings. The highest BCUT2D eigenvalue weighted by atomic mass is 35.5. The van der Waals surface area contributed by atoms with E-state index < -0.39 is 0 Å². The topological polar surface area (TPSA) is 38.9 Å². The van der Waals surface area contributed by atoms with Crippen LogP contribution in [0.2, 0.25) is 10.0 Å². The van der Waals surface area contributed by atoms with E-state index in [0.29, 0.717) is 21.4 Å². The van der Waals surface area contributed by atoms with Gasteiger partial charge in [0.05, 0.1) is 15.6 Å². The highest BCUT2D eigenvalue weighted by molar-refractivity contribution is 6.45. The van der Waals surface area contributed by atoms with Crippen molar-refractivity contribution < 1.29 is 0 Å². The molecule has 1 aromatic carbocycles. The first kappa shape index (κ1) is 10.5. The number of hydrogen-bond donors (Lipinski definition) is 1. The molecule has 4 heteroatoms. The predicted molar refractivity (Wildman–Crippen MR) is 65.6 cm³/mol. The normalized spacial score (nSPS) is 10.9. The van der Waals surface area contributed by atoms with Crippen molar-refractivity contribution in [2.75, 3.05) is 5.73 Å². The van der Waals surface area contributed by atoms with Gasteiger partial charge < -0.3 is 5.73 Å². The van der Waals surface area contributed by atoms with Gasteiger partial charge in [0, 0.05) is 5.39 Å². The average molecular weight is 241 g/mol. The van der Waals surface area contributed by atoms with Gasteiger partial charge in [-0.2, -0.15) is 0 Å². The fourth-order valence-electron chi connectivity index (χ4n) is 1.52. The van der Waals surface area contributed by atoms with Crippen molar-refractivity contribution in [2.45, 2.75) is 13.3 Å². The standard InChI is InChI=1S/C11H10Cl2N2/c1-2-6-5-7-3-4-8(12)9(13)10(7)15-11(6)14/h3-5H,2H2,1H3,(H2,14,15). The molecule has 2 rings (SSSR count). The van der Waals surface area contributed by atoms with Gasteiger partial charge in [-0.05, 0) is 24.1 Å². The van der Waals surface area contributed by atoms with Crippen LogP contribution in [0, 0.1) is 0 Å². The number of nitrogens with zero attached hydrogens (tertiary/aromatic N) is 1. The Balaban J connectivity index is 2.81. The molecule has 2 nitrogen and oxygen atoms in total. The molecule has 0 radical (unpaired) electrons. The Morgan fingerprint density at radius 3 is 2.73 bits per heavy atom. The van der Waals surface area contributed by atoms with Crippen molar-refractivity contribution >= 4 is 39.9 Å². The lowest BCUT2D eigenvalue weighted by molar-refractivity contribution is 1.13. The number of hydrogen-bond acceptors (Lipinski definition) is 2. The quantitative estimate of drug-likeness (QED) is 0.826. The van der Waals surface area contributed by atoms with Crippen molar-refractivity contribution in [3.8, 4) is 0 Å². The number of anilines is 1. The lowest BCUT2D eigenvalue weighted by Crippen LogP contribution is -1.97. The Kier molecular flexibility index (Phi) is 2.72. The van der Waals surface area contributed by atoms with Gasteiger partial charge in [0.15, 0.2) is 0 Å². The van der Waals surface area contributed by atoms with E-state index >= 15 is 0 Å². The van der Waals surface area contributed by atoms with Gasteiger partial charge in [0.2, 0.25) is 0 Å². The largest absolute Gasteiger partial charge is 0.383 e. The molecule has 0 saturated heterocycles. The van der Waals surface area contributed by atoms with Crippen LogP contribution in [0.4, 0.5) is 5.82 Å². The van der Waals surface area contributed by atoms with Crippen LogP contribution >= 0.6 is 23.2 Å². The van der Waals surface area contributed by atoms with Gasteiger partial charge >= 0.3 is 0 Å². The highest BCUT2D eigenvalue weighted by Gasteiger charge is 2.08. The minimum atomic E-state index is 0.462. The smallest absolute Gasteiger partial charge is 0.127 e. The zero-order valence-corrected chi connectivity index (χ0v) is 9.73. The van der Waals surface area contributed by atoms with Gasteiger partial charge in [0.1, 0.15) is 5.82 Å². The van der Waals surface area contributed by atoms with Crippen LogP contribution in [-0.4, -0.2) is 4.98 Å². The number of rotatable bonds is 1. The van der Waals surface area contributed by atoms with Crippen molar-refractivity contribution in [3.63, 3.8) is 0 Å². The second kappa shape index (κ2) is 3.87. The number of aryl methyl sites for hydroxylation is 1. The van der Waals surface area contributed by atoms with Crippen molar-refractivity contribution in [1.82, 2.24) is 4.98 Å². The summed E-state index contributed by atoms with van der Waals surface area (Å²) in [4.78, 5) is 4.27. The fraction of sp³-hybridized carbons (Fsp3) is 0.182. The Labute approximate surface area is 98.0 Å². The minimum Gasteiger partial charge on any atom is -0.383 e. The number of aromatic nitrogens is 1. The first-order valence-corrected chi connectivity index (χ1v) is 5.42. The van der Waals surface area contributed by atoms with Gasteiger partial charge in [-0.1, -0.05) is 36.2 Å². The summed E-state index contributed by atoms with van der Waals surface area (Å²) in [6.45, 7) is 2.04. The summed E-state index contributed by atoms with van der Waals surface area (Å²) in [5, 5.41) is 1.93. The Hall–Kier alpha value is -0.990. The molecule has 0 bridgehead atoms. The molecule has 15 heavy (non-hydrogen) atoms. The molecule has 0 spiro atoms. The molecule has 1 aromatic heterocycles. The zero-order chi connectivity index (χ0) is 11.0. The molecule has 0 aliphatic heterocycles. The van der Waals surface area contributed by atoms with E-state index in [1.165, 1.54) is 0 Å². The molecule has 0 amide bonds. The molecule has 78 valence electrons. The van der Waals surface area contributed by atoms with Crippen LogP contribution in [0.3, 0.4) is 0 Å². The number of benzene rings is 1. The van der Waals surface area contributed by atoms with Crippen molar-refractivity contribution in [1.29, 1.82) is 0 Å². The SMILES string of the molecule is CCc1cc2ccc(Cl)c(Cl)c2nc1N. The molecule has 0 saturated carbocycles. The summed E-state index contributed by atoms with van der Waals surface area (Å²) in [7, 11) is 0. The van der Waals surface area contributed by atoms with Gasteiger partial charge in [0.25, 0.3) is 0 Å². The van der Waals surface area contributed by atoms with E-state index in [2.05, 4.69) is 4.98 Å². The van der Waals surface area contributed by atoms with Gasteiger partial charge in [-0.15, -0.1) is 0 Å². The van der Waals surface area contributed by atoms with Crippen LogP contribution in [0.25, 0.3) is 10.9 Å². The summed E-state index contributed by atoms with van der Waals surface area (Å²) in [5.74, 6) is 0.522. The van der Waals surface area contributed by atoms with Crippen LogP contribution < -0.4 is 5.73 Å². The molecule has 0 unspecified atom stereocenters. The number of nitrogens with two attached hydrogens (primary N) is 1. The maximum Gasteiger partial charge on any atom is 0.127 e. The minimum absolute atomic E-state index is 0.462. The summed E-state index contributed by atoms with van der Waals surface area (Å²) >= 11 is 11.9. The van der Waals surface area contributed by atoms with Crippen LogP contribution in [0.1, 0.15) is 12.5 Å². The molecule has 0 atom stereocenters. The van der Waals surface area contributed by atoms with E-state index in [-0.39, 0.29) is 0 Å². The van der Waals surface area contributed by atoms with Crippen LogP contribution in [0.15, 0.2) is 18.2 Å².